The van der Waals surface area contributed by atoms with Crippen LogP contribution in [0.15, 0.2) is 78.4 Å². The van der Waals surface area contributed by atoms with E-state index in [1.54, 1.807) is 87.0 Å². The van der Waals surface area contributed by atoms with E-state index in [4.69, 9.17) is 18.9 Å². The lowest BCUT2D eigenvalue weighted by Gasteiger charge is -2.25. The third-order valence-electron chi connectivity index (χ3n) is 6.11. The Labute approximate surface area is 222 Å². The van der Waals surface area contributed by atoms with Crippen LogP contribution in [0.4, 0.5) is 0 Å². The fourth-order valence-electron chi connectivity index (χ4n) is 4.32. The maximum atomic E-state index is 13.3. The van der Waals surface area contributed by atoms with E-state index in [0.717, 1.165) is 0 Å². The van der Waals surface area contributed by atoms with Gasteiger partial charge in [0.05, 0.1) is 38.5 Å². The highest BCUT2D eigenvalue weighted by Crippen LogP contribution is 2.40. The van der Waals surface area contributed by atoms with Gasteiger partial charge in [-0.25, -0.2) is 0 Å². The van der Waals surface area contributed by atoms with E-state index in [2.05, 4.69) is 0 Å². The molecule has 0 bridgehead atoms. The van der Waals surface area contributed by atoms with Gasteiger partial charge >= 0.3 is 0 Å². The Morgan fingerprint density at radius 2 is 1.47 bits per heavy atom. The minimum atomic E-state index is -0.810. The Bertz CT molecular complexity index is 1310. The smallest absolute Gasteiger partial charge is 0.295 e. The third-order valence-corrected chi connectivity index (χ3v) is 6.11. The van der Waals surface area contributed by atoms with Crippen LogP contribution in [0.5, 0.6) is 23.0 Å². The number of Topliss-reactive ketones (excluding diaryl/α,β-unsaturated/α-hetero) is 1. The molecule has 1 amide bonds. The fraction of sp³-hybridized carbons (Fsp3) is 0.267. The SMILES string of the molecule is COc1ccc(OCCN2C(=O)C(=O)/C(=C(\O)c3cccc(OC(C)C)c3)C2c2ccc(OC)cc2)cc1. The third kappa shape index (κ3) is 5.75. The zero-order chi connectivity index (χ0) is 27.2. The van der Waals surface area contributed by atoms with Crippen molar-refractivity contribution in [2.24, 2.45) is 0 Å². The van der Waals surface area contributed by atoms with Crippen molar-refractivity contribution in [2.75, 3.05) is 27.4 Å². The van der Waals surface area contributed by atoms with Crippen LogP contribution >= 0.6 is 0 Å². The minimum absolute atomic E-state index is 0.00584. The zero-order valence-corrected chi connectivity index (χ0v) is 21.8. The van der Waals surface area contributed by atoms with Gasteiger partial charge in [-0.1, -0.05) is 24.3 Å². The summed E-state index contributed by atoms with van der Waals surface area (Å²) in [6, 6.07) is 20.1. The van der Waals surface area contributed by atoms with Crippen molar-refractivity contribution >= 4 is 17.4 Å². The normalized spacial score (nSPS) is 16.6. The largest absolute Gasteiger partial charge is 0.507 e. The first-order valence-corrected chi connectivity index (χ1v) is 12.3. The number of amides is 1. The number of carbonyl (C=O) groups is 2. The molecule has 4 rings (SSSR count). The predicted octanol–water partition coefficient (Wildman–Crippen LogP) is 4.99. The summed E-state index contributed by atoms with van der Waals surface area (Å²) < 4.78 is 22.0. The Balaban J connectivity index is 1.68. The number of ketones is 1. The fourth-order valence-corrected chi connectivity index (χ4v) is 4.32. The number of rotatable bonds is 10. The molecule has 1 atom stereocenters. The summed E-state index contributed by atoms with van der Waals surface area (Å²) in [5.41, 5.74) is 1.05. The van der Waals surface area contributed by atoms with Crippen molar-refractivity contribution in [1.82, 2.24) is 4.90 Å². The maximum absolute atomic E-state index is 13.3. The quantitative estimate of drug-likeness (QED) is 0.230. The first-order valence-electron chi connectivity index (χ1n) is 12.3. The number of aliphatic hydroxyl groups is 1. The Morgan fingerprint density at radius 3 is 2.08 bits per heavy atom. The maximum Gasteiger partial charge on any atom is 0.295 e. The lowest BCUT2D eigenvalue weighted by atomic mass is 9.95. The average Bonchev–Trinajstić information content (AvgIpc) is 3.18. The predicted molar refractivity (Wildman–Crippen MR) is 143 cm³/mol. The zero-order valence-electron chi connectivity index (χ0n) is 21.8. The second-order valence-corrected chi connectivity index (χ2v) is 8.98. The van der Waals surface area contributed by atoms with E-state index in [1.165, 1.54) is 4.90 Å². The van der Waals surface area contributed by atoms with Gasteiger partial charge < -0.3 is 29.0 Å². The Morgan fingerprint density at radius 1 is 0.868 bits per heavy atom. The lowest BCUT2D eigenvalue weighted by Crippen LogP contribution is -2.33. The number of likely N-dealkylation sites (tertiary alicyclic amines) is 1. The number of benzene rings is 3. The molecule has 1 aliphatic heterocycles. The summed E-state index contributed by atoms with van der Waals surface area (Å²) >= 11 is 0. The molecule has 1 N–H and O–H groups in total. The summed E-state index contributed by atoms with van der Waals surface area (Å²) in [6.45, 7) is 4.07. The summed E-state index contributed by atoms with van der Waals surface area (Å²) in [6.07, 6.45) is -0.0667. The van der Waals surface area contributed by atoms with Gasteiger partial charge in [0.25, 0.3) is 11.7 Å². The summed E-state index contributed by atoms with van der Waals surface area (Å²) in [4.78, 5) is 27.9. The van der Waals surface area contributed by atoms with E-state index in [9.17, 15) is 14.7 Å². The van der Waals surface area contributed by atoms with E-state index in [-0.39, 0.29) is 30.6 Å². The number of hydrogen-bond donors (Lipinski definition) is 1. The molecule has 38 heavy (non-hydrogen) atoms. The highest BCUT2D eigenvalue weighted by Gasteiger charge is 2.46. The average molecular weight is 518 g/mol. The molecular formula is C30H31NO7. The molecule has 0 aliphatic carbocycles. The number of ether oxygens (including phenoxy) is 4. The van der Waals surface area contributed by atoms with Crippen LogP contribution in [0.3, 0.4) is 0 Å². The van der Waals surface area contributed by atoms with Gasteiger partial charge in [0.1, 0.15) is 35.4 Å². The summed E-state index contributed by atoms with van der Waals surface area (Å²) in [5.74, 6) is 0.745. The topological polar surface area (TPSA) is 94.5 Å². The van der Waals surface area contributed by atoms with Gasteiger partial charge in [-0.15, -0.1) is 0 Å². The highest BCUT2D eigenvalue weighted by molar-refractivity contribution is 6.46. The van der Waals surface area contributed by atoms with Gasteiger partial charge in [0.2, 0.25) is 0 Å². The number of hydrogen-bond acceptors (Lipinski definition) is 7. The van der Waals surface area contributed by atoms with Crippen LogP contribution in [0.2, 0.25) is 0 Å². The molecule has 3 aromatic rings. The second-order valence-electron chi connectivity index (χ2n) is 8.98. The van der Waals surface area contributed by atoms with Crippen LogP contribution in [0, 0.1) is 0 Å². The molecule has 1 aliphatic rings. The molecule has 1 fully saturated rings. The number of aliphatic hydroxyl groups excluding tert-OH is 1. The van der Waals surface area contributed by atoms with E-state index in [0.29, 0.717) is 34.1 Å². The molecule has 8 nitrogen and oxygen atoms in total. The van der Waals surface area contributed by atoms with Gasteiger partial charge in [0, 0.05) is 5.56 Å². The Hall–Kier alpha value is -4.46. The first kappa shape index (κ1) is 26.6. The molecule has 1 saturated heterocycles. The van der Waals surface area contributed by atoms with E-state index < -0.39 is 17.7 Å². The standard InChI is InChI=1S/C30H31NO7/c1-19(2)38-25-7-5-6-21(18-25)28(32)26-27(20-8-10-22(35-3)11-9-20)31(30(34)29(26)33)16-17-37-24-14-12-23(36-4)13-15-24/h5-15,18-19,27,32H,16-17H2,1-4H3/b28-26-. The van der Waals surface area contributed by atoms with Gasteiger partial charge in [0.15, 0.2) is 0 Å². The molecule has 1 heterocycles. The first-order chi connectivity index (χ1) is 18.3. The molecule has 0 radical (unpaired) electrons. The van der Waals surface area contributed by atoms with Crippen LogP contribution in [0.1, 0.15) is 31.0 Å². The number of carbonyl (C=O) groups excluding carboxylic acids is 2. The van der Waals surface area contributed by atoms with Crippen LogP contribution in [-0.2, 0) is 9.59 Å². The van der Waals surface area contributed by atoms with Crippen molar-refractivity contribution in [3.05, 3.63) is 89.5 Å². The van der Waals surface area contributed by atoms with Crippen molar-refractivity contribution in [1.29, 1.82) is 0 Å². The summed E-state index contributed by atoms with van der Waals surface area (Å²) in [7, 11) is 3.14. The van der Waals surface area contributed by atoms with Crippen molar-refractivity contribution in [3.8, 4) is 23.0 Å². The molecule has 198 valence electrons. The van der Waals surface area contributed by atoms with Crippen LogP contribution in [-0.4, -0.2) is 55.2 Å². The van der Waals surface area contributed by atoms with Gasteiger partial charge in [-0.05, 0) is 67.9 Å². The molecule has 0 aromatic heterocycles. The summed E-state index contributed by atoms with van der Waals surface area (Å²) in [5, 5.41) is 11.3. The highest BCUT2D eigenvalue weighted by atomic mass is 16.5. The number of nitrogens with zero attached hydrogens (tertiary/aromatic N) is 1. The molecule has 0 saturated carbocycles. The molecule has 0 spiro atoms. The van der Waals surface area contributed by atoms with Crippen molar-refractivity contribution < 1.29 is 33.6 Å². The molecule has 8 heteroatoms. The monoisotopic (exact) mass is 517 g/mol. The molecular weight excluding hydrogens is 486 g/mol. The minimum Gasteiger partial charge on any atom is -0.507 e. The van der Waals surface area contributed by atoms with Gasteiger partial charge in [-0.2, -0.15) is 0 Å². The van der Waals surface area contributed by atoms with E-state index in [1.807, 2.05) is 13.8 Å². The molecule has 3 aromatic carbocycles. The van der Waals surface area contributed by atoms with Crippen LogP contribution < -0.4 is 18.9 Å². The molecule has 1 unspecified atom stereocenters. The van der Waals surface area contributed by atoms with Crippen molar-refractivity contribution in [3.63, 3.8) is 0 Å². The van der Waals surface area contributed by atoms with Gasteiger partial charge in [-0.3, -0.25) is 9.59 Å². The van der Waals surface area contributed by atoms with Crippen molar-refractivity contribution in [2.45, 2.75) is 26.0 Å². The number of methoxy groups -OCH3 is 2. The lowest BCUT2D eigenvalue weighted by molar-refractivity contribution is -0.140. The second kappa shape index (κ2) is 11.7. The van der Waals surface area contributed by atoms with E-state index >= 15 is 0 Å². The Kier molecular flexibility index (Phi) is 8.21. The van der Waals surface area contributed by atoms with Crippen LogP contribution in [0.25, 0.3) is 5.76 Å².